The van der Waals surface area contributed by atoms with Crippen LogP contribution in [-0.2, 0) is 0 Å². The first kappa shape index (κ1) is 15.1. The topological polar surface area (TPSA) is 49.8 Å². The number of nitrogens with one attached hydrogen (secondary N) is 2. The maximum absolute atomic E-state index is 6.16. The second-order valence-corrected chi connectivity index (χ2v) is 5.78. The third-order valence-corrected chi connectivity index (χ3v) is 3.55. The lowest BCUT2D eigenvalue weighted by Gasteiger charge is -2.14. The van der Waals surface area contributed by atoms with E-state index in [9.17, 15) is 0 Å². The molecule has 0 atom stereocenters. The fourth-order valence-electron chi connectivity index (χ4n) is 1.92. The molecule has 1 aromatic carbocycles. The molecule has 2 rings (SSSR count). The van der Waals surface area contributed by atoms with Gasteiger partial charge in [-0.1, -0.05) is 27.5 Å². The fraction of sp³-hybridized carbons (Fsp3) is 0.286. The summed E-state index contributed by atoms with van der Waals surface area (Å²) in [6, 6.07) is 4.10. The summed E-state index contributed by atoms with van der Waals surface area (Å²) in [4.78, 5) is 8.51. The average molecular weight is 356 g/mol. The van der Waals surface area contributed by atoms with Crippen molar-refractivity contribution in [2.45, 2.75) is 20.8 Å². The van der Waals surface area contributed by atoms with Crippen LogP contribution in [0, 0.1) is 13.8 Å². The second-order valence-electron chi connectivity index (χ2n) is 4.46. The van der Waals surface area contributed by atoms with E-state index in [-0.39, 0.29) is 0 Å². The maximum atomic E-state index is 6.16. The third kappa shape index (κ3) is 3.41. The van der Waals surface area contributed by atoms with Crippen molar-refractivity contribution in [3.63, 3.8) is 0 Å². The van der Waals surface area contributed by atoms with Gasteiger partial charge in [0, 0.05) is 16.7 Å². The fourth-order valence-corrected chi connectivity index (χ4v) is 2.75. The zero-order chi connectivity index (χ0) is 14.7. The van der Waals surface area contributed by atoms with Gasteiger partial charge < -0.3 is 10.6 Å². The van der Waals surface area contributed by atoms with Crippen molar-refractivity contribution >= 4 is 45.0 Å². The van der Waals surface area contributed by atoms with Gasteiger partial charge in [0.2, 0.25) is 5.95 Å². The summed E-state index contributed by atoms with van der Waals surface area (Å²) in [5.74, 6) is 1.16. The van der Waals surface area contributed by atoms with Crippen molar-refractivity contribution < 1.29 is 0 Å². The van der Waals surface area contributed by atoms with Gasteiger partial charge in [-0.15, -0.1) is 0 Å². The van der Waals surface area contributed by atoms with Crippen molar-refractivity contribution in [2.75, 3.05) is 17.2 Å². The Morgan fingerprint density at radius 1 is 1.25 bits per heavy atom. The molecule has 4 nitrogen and oxygen atoms in total. The molecular weight excluding hydrogens is 340 g/mol. The van der Waals surface area contributed by atoms with Crippen molar-refractivity contribution in [2.24, 2.45) is 0 Å². The molecule has 0 amide bonds. The molecule has 0 saturated carbocycles. The monoisotopic (exact) mass is 354 g/mol. The van der Waals surface area contributed by atoms with Gasteiger partial charge in [-0.05, 0) is 44.0 Å². The van der Waals surface area contributed by atoms with E-state index in [2.05, 4.69) is 48.7 Å². The molecule has 1 aromatic heterocycles. The van der Waals surface area contributed by atoms with Crippen LogP contribution in [0.4, 0.5) is 17.5 Å². The summed E-state index contributed by atoms with van der Waals surface area (Å²) in [5, 5.41) is 6.86. The lowest BCUT2D eigenvalue weighted by Crippen LogP contribution is -2.05. The van der Waals surface area contributed by atoms with E-state index in [0.717, 1.165) is 27.8 Å². The van der Waals surface area contributed by atoms with Crippen LogP contribution in [0.3, 0.4) is 0 Å². The van der Waals surface area contributed by atoms with Crippen LogP contribution in [0.5, 0.6) is 0 Å². The normalized spacial score (nSPS) is 10.4. The van der Waals surface area contributed by atoms with E-state index in [1.54, 1.807) is 6.20 Å². The zero-order valence-electron chi connectivity index (χ0n) is 11.6. The molecule has 0 saturated heterocycles. The standard InChI is InChI=1S/C14H16BrClN4/c1-4-17-14-18-7-11(16)13(20-14)19-12-8(2)5-10(15)6-9(12)3/h5-7H,4H2,1-3H3,(H2,17,18,19,20). The quantitative estimate of drug-likeness (QED) is 0.835. The summed E-state index contributed by atoms with van der Waals surface area (Å²) < 4.78 is 1.06. The molecule has 2 aromatic rings. The highest BCUT2D eigenvalue weighted by atomic mass is 79.9. The highest BCUT2D eigenvalue weighted by molar-refractivity contribution is 9.10. The van der Waals surface area contributed by atoms with Gasteiger partial charge in [-0.2, -0.15) is 4.98 Å². The number of nitrogens with zero attached hydrogens (tertiary/aromatic N) is 2. The molecule has 106 valence electrons. The summed E-state index contributed by atoms with van der Waals surface area (Å²) >= 11 is 9.65. The minimum absolute atomic E-state index is 0.494. The summed E-state index contributed by atoms with van der Waals surface area (Å²) in [7, 11) is 0. The first-order valence-corrected chi connectivity index (χ1v) is 7.48. The molecule has 1 heterocycles. The Balaban J connectivity index is 2.37. The zero-order valence-corrected chi connectivity index (χ0v) is 13.9. The van der Waals surface area contributed by atoms with Gasteiger partial charge in [0.1, 0.15) is 5.02 Å². The van der Waals surface area contributed by atoms with E-state index in [1.807, 2.05) is 20.8 Å². The summed E-state index contributed by atoms with van der Waals surface area (Å²) in [6.07, 6.45) is 1.60. The number of halogens is 2. The number of aryl methyl sites for hydroxylation is 2. The number of benzene rings is 1. The van der Waals surface area contributed by atoms with Gasteiger partial charge in [-0.3, -0.25) is 0 Å². The maximum Gasteiger partial charge on any atom is 0.224 e. The molecule has 0 spiro atoms. The Hall–Kier alpha value is -1.33. The molecule has 0 aliphatic rings. The van der Waals surface area contributed by atoms with Gasteiger partial charge in [0.05, 0.1) is 6.20 Å². The van der Waals surface area contributed by atoms with Gasteiger partial charge in [-0.25, -0.2) is 4.98 Å². The molecule has 0 fully saturated rings. The summed E-state index contributed by atoms with van der Waals surface area (Å²) in [6.45, 7) is 6.84. The number of rotatable bonds is 4. The predicted molar refractivity (Wildman–Crippen MR) is 88.1 cm³/mol. The minimum Gasteiger partial charge on any atom is -0.354 e. The van der Waals surface area contributed by atoms with E-state index < -0.39 is 0 Å². The van der Waals surface area contributed by atoms with Gasteiger partial charge in [0.15, 0.2) is 5.82 Å². The van der Waals surface area contributed by atoms with E-state index in [4.69, 9.17) is 11.6 Å². The average Bonchev–Trinajstić information content (AvgIpc) is 2.37. The van der Waals surface area contributed by atoms with Crippen LogP contribution in [0.2, 0.25) is 5.02 Å². The molecule has 6 heteroatoms. The van der Waals surface area contributed by atoms with Crippen molar-refractivity contribution in [3.8, 4) is 0 Å². The molecule has 0 bridgehead atoms. The van der Waals surface area contributed by atoms with E-state index in [1.165, 1.54) is 0 Å². The Morgan fingerprint density at radius 2 is 1.90 bits per heavy atom. The SMILES string of the molecule is CCNc1ncc(Cl)c(Nc2c(C)cc(Br)cc2C)n1. The number of hydrogen-bond acceptors (Lipinski definition) is 4. The Bertz CT molecular complexity index is 608. The molecule has 0 radical (unpaired) electrons. The highest BCUT2D eigenvalue weighted by Gasteiger charge is 2.09. The van der Waals surface area contributed by atoms with Crippen LogP contribution in [-0.4, -0.2) is 16.5 Å². The number of anilines is 3. The number of hydrogen-bond donors (Lipinski definition) is 2. The van der Waals surface area contributed by atoms with E-state index in [0.29, 0.717) is 16.8 Å². The highest BCUT2D eigenvalue weighted by Crippen LogP contribution is 2.30. The Morgan fingerprint density at radius 3 is 2.50 bits per heavy atom. The Labute approximate surface area is 132 Å². The van der Waals surface area contributed by atoms with Crippen molar-refractivity contribution in [3.05, 3.63) is 39.0 Å². The van der Waals surface area contributed by atoms with Gasteiger partial charge in [0.25, 0.3) is 0 Å². The van der Waals surface area contributed by atoms with Crippen LogP contribution >= 0.6 is 27.5 Å². The molecule has 0 aliphatic carbocycles. The second kappa shape index (κ2) is 6.41. The lowest BCUT2D eigenvalue weighted by atomic mass is 10.1. The predicted octanol–water partition coefficient (Wildman–Crippen LogP) is 4.68. The van der Waals surface area contributed by atoms with Crippen LogP contribution in [0.1, 0.15) is 18.1 Å². The largest absolute Gasteiger partial charge is 0.354 e. The molecule has 2 N–H and O–H groups in total. The van der Waals surface area contributed by atoms with Crippen molar-refractivity contribution in [1.29, 1.82) is 0 Å². The number of aromatic nitrogens is 2. The molecule has 0 unspecified atom stereocenters. The summed E-state index contributed by atoms with van der Waals surface area (Å²) in [5.41, 5.74) is 3.25. The van der Waals surface area contributed by atoms with E-state index >= 15 is 0 Å². The van der Waals surface area contributed by atoms with Crippen LogP contribution in [0.15, 0.2) is 22.8 Å². The lowest BCUT2D eigenvalue weighted by molar-refractivity contribution is 1.08. The first-order chi connectivity index (χ1) is 9.51. The molecule has 20 heavy (non-hydrogen) atoms. The smallest absolute Gasteiger partial charge is 0.224 e. The molecular formula is C14H16BrClN4. The third-order valence-electron chi connectivity index (χ3n) is 2.82. The van der Waals surface area contributed by atoms with Gasteiger partial charge >= 0.3 is 0 Å². The van der Waals surface area contributed by atoms with Crippen molar-refractivity contribution in [1.82, 2.24) is 9.97 Å². The first-order valence-electron chi connectivity index (χ1n) is 6.31. The Kier molecular flexibility index (Phi) is 4.83. The van der Waals surface area contributed by atoms with Crippen LogP contribution in [0.25, 0.3) is 0 Å². The van der Waals surface area contributed by atoms with Crippen LogP contribution < -0.4 is 10.6 Å². The molecule has 0 aliphatic heterocycles. The minimum atomic E-state index is 0.494.